The standard InChI is InChI=1S/C12H11N3O4S/c16-9-1-3-13-5-7(9)11(17)14-4-2-10-15-8(6-20-10)12(18)19/h1,3,5-6H,2,4H2,(H,13,16)(H,14,17)(H,18,19). The molecule has 0 atom stereocenters. The second-order valence-corrected chi connectivity index (χ2v) is 4.80. The van der Waals surface area contributed by atoms with Gasteiger partial charge in [0.2, 0.25) is 0 Å². The summed E-state index contributed by atoms with van der Waals surface area (Å²) >= 11 is 1.22. The Balaban J connectivity index is 1.89. The van der Waals surface area contributed by atoms with E-state index in [0.717, 1.165) is 0 Å². The molecule has 0 saturated heterocycles. The number of hydrogen-bond donors (Lipinski definition) is 3. The molecule has 0 spiro atoms. The zero-order valence-corrected chi connectivity index (χ0v) is 11.1. The van der Waals surface area contributed by atoms with Gasteiger partial charge in [-0.1, -0.05) is 0 Å². The number of carboxylic acid groups (broad SMARTS) is 1. The molecule has 2 rings (SSSR count). The average molecular weight is 293 g/mol. The Labute approximate surface area is 117 Å². The summed E-state index contributed by atoms with van der Waals surface area (Å²) in [6.07, 6.45) is 3.19. The highest BCUT2D eigenvalue weighted by molar-refractivity contribution is 7.09. The molecule has 0 unspecified atom stereocenters. The number of amides is 1. The van der Waals surface area contributed by atoms with Gasteiger partial charge < -0.3 is 15.4 Å². The maximum atomic E-state index is 11.7. The Hall–Kier alpha value is -2.48. The quantitative estimate of drug-likeness (QED) is 0.743. The summed E-state index contributed by atoms with van der Waals surface area (Å²) in [5.74, 6) is -1.55. The molecule has 0 saturated carbocycles. The molecular formula is C12H11N3O4S. The third kappa shape index (κ3) is 3.29. The lowest BCUT2D eigenvalue weighted by Gasteiger charge is -2.02. The zero-order chi connectivity index (χ0) is 14.5. The fourth-order valence-electron chi connectivity index (χ4n) is 1.50. The van der Waals surface area contributed by atoms with Crippen LogP contribution in [0.3, 0.4) is 0 Å². The van der Waals surface area contributed by atoms with Crippen molar-refractivity contribution in [2.75, 3.05) is 6.54 Å². The maximum absolute atomic E-state index is 11.7. The van der Waals surface area contributed by atoms with Gasteiger partial charge in [-0.3, -0.25) is 9.59 Å². The summed E-state index contributed by atoms with van der Waals surface area (Å²) in [6, 6.07) is 1.27. The lowest BCUT2D eigenvalue weighted by Crippen LogP contribution is -2.30. The molecule has 3 N–H and O–H groups in total. The summed E-state index contributed by atoms with van der Waals surface area (Å²) in [5.41, 5.74) is -0.322. The zero-order valence-electron chi connectivity index (χ0n) is 10.3. The Bertz CT molecular complexity index is 692. The molecule has 20 heavy (non-hydrogen) atoms. The van der Waals surface area contributed by atoms with Gasteiger partial charge in [-0.2, -0.15) is 0 Å². The number of hydrogen-bond acceptors (Lipinski definition) is 5. The average Bonchev–Trinajstić information content (AvgIpc) is 2.88. The molecule has 8 heteroatoms. The van der Waals surface area contributed by atoms with Crippen LogP contribution in [0.4, 0.5) is 0 Å². The SMILES string of the molecule is O=C(O)c1csc(CCNC(=O)c2c[nH]ccc2=O)n1. The number of carboxylic acids is 1. The largest absolute Gasteiger partial charge is 0.476 e. The highest BCUT2D eigenvalue weighted by atomic mass is 32.1. The number of aromatic amines is 1. The summed E-state index contributed by atoms with van der Waals surface area (Å²) in [6.45, 7) is 0.278. The first-order valence-electron chi connectivity index (χ1n) is 5.71. The van der Waals surface area contributed by atoms with Gasteiger partial charge in [0.05, 0.1) is 5.01 Å². The fraction of sp³-hybridized carbons (Fsp3) is 0.167. The van der Waals surface area contributed by atoms with Crippen molar-refractivity contribution >= 4 is 23.2 Å². The summed E-state index contributed by atoms with van der Waals surface area (Å²) in [5, 5.41) is 13.4. The molecule has 0 aliphatic carbocycles. The van der Waals surface area contributed by atoms with Crippen LogP contribution in [0.2, 0.25) is 0 Å². The van der Waals surface area contributed by atoms with Crippen LogP contribution >= 0.6 is 11.3 Å². The number of pyridine rings is 1. The predicted octanol–water partition coefficient (Wildman–Crippen LogP) is 0.502. The normalized spacial score (nSPS) is 10.2. The van der Waals surface area contributed by atoms with E-state index in [-0.39, 0.29) is 23.2 Å². The van der Waals surface area contributed by atoms with Gasteiger partial charge in [-0.15, -0.1) is 11.3 Å². The van der Waals surface area contributed by atoms with E-state index < -0.39 is 11.9 Å². The van der Waals surface area contributed by atoms with Crippen LogP contribution in [0.1, 0.15) is 25.9 Å². The molecule has 2 heterocycles. The molecule has 0 bridgehead atoms. The van der Waals surface area contributed by atoms with E-state index in [1.165, 1.54) is 35.2 Å². The molecule has 0 radical (unpaired) electrons. The van der Waals surface area contributed by atoms with Crippen LogP contribution in [-0.2, 0) is 6.42 Å². The van der Waals surface area contributed by atoms with Gasteiger partial charge in [0, 0.05) is 36.8 Å². The van der Waals surface area contributed by atoms with Crippen molar-refractivity contribution < 1.29 is 14.7 Å². The van der Waals surface area contributed by atoms with Crippen LogP contribution in [0.5, 0.6) is 0 Å². The van der Waals surface area contributed by atoms with E-state index >= 15 is 0 Å². The summed E-state index contributed by atoms with van der Waals surface area (Å²) in [7, 11) is 0. The molecule has 0 aliphatic rings. The van der Waals surface area contributed by atoms with Crippen molar-refractivity contribution in [1.82, 2.24) is 15.3 Å². The third-order valence-electron chi connectivity index (χ3n) is 2.46. The molecule has 2 aromatic rings. The summed E-state index contributed by atoms with van der Waals surface area (Å²) in [4.78, 5) is 40.4. The molecule has 2 aromatic heterocycles. The third-order valence-corrected chi connectivity index (χ3v) is 3.37. The molecule has 104 valence electrons. The van der Waals surface area contributed by atoms with Crippen LogP contribution in [0, 0.1) is 0 Å². The van der Waals surface area contributed by atoms with Gasteiger partial charge in [0.25, 0.3) is 5.91 Å². The number of nitrogens with zero attached hydrogens (tertiary/aromatic N) is 1. The molecule has 1 amide bonds. The minimum atomic E-state index is -1.08. The number of aromatic nitrogens is 2. The highest BCUT2D eigenvalue weighted by Crippen LogP contribution is 2.09. The van der Waals surface area contributed by atoms with Gasteiger partial charge in [-0.25, -0.2) is 9.78 Å². The Morgan fingerprint density at radius 3 is 2.90 bits per heavy atom. The first kappa shape index (κ1) is 13.9. The van der Waals surface area contributed by atoms with Gasteiger partial charge in [0.1, 0.15) is 5.56 Å². The van der Waals surface area contributed by atoms with Gasteiger partial charge >= 0.3 is 5.97 Å². The minimum absolute atomic E-state index is 0.00386. The van der Waals surface area contributed by atoms with Gasteiger partial charge in [0.15, 0.2) is 11.1 Å². The van der Waals surface area contributed by atoms with Crippen molar-refractivity contribution in [1.29, 1.82) is 0 Å². The highest BCUT2D eigenvalue weighted by Gasteiger charge is 2.11. The first-order chi connectivity index (χ1) is 9.58. The van der Waals surface area contributed by atoms with Crippen LogP contribution in [0.25, 0.3) is 0 Å². The number of carbonyl (C=O) groups is 2. The van der Waals surface area contributed by atoms with Crippen molar-refractivity contribution in [3.8, 4) is 0 Å². The van der Waals surface area contributed by atoms with E-state index in [1.54, 1.807) is 0 Å². The topological polar surface area (TPSA) is 112 Å². The van der Waals surface area contributed by atoms with E-state index in [9.17, 15) is 14.4 Å². The fourth-order valence-corrected chi connectivity index (χ4v) is 2.27. The predicted molar refractivity (Wildman–Crippen MR) is 72.2 cm³/mol. The Morgan fingerprint density at radius 2 is 2.25 bits per heavy atom. The molecular weight excluding hydrogens is 282 g/mol. The maximum Gasteiger partial charge on any atom is 0.355 e. The van der Waals surface area contributed by atoms with E-state index in [4.69, 9.17) is 5.11 Å². The number of thiazole rings is 1. The van der Waals surface area contributed by atoms with E-state index in [2.05, 4.69) is 15.3 Å². The Morgan fingerprint density at radius 1 is 1.45 bits per heavy atom. The van der Waals surface area contributed by atoms with Crippen molar-refractivity contribution in [3.63, 3.8) is 0 Å². The molecule has 0 aliphatic heterocycles. The second kappa shape index (κ2) is 6.11. The molecule has 7 nitrogen and oxygen atoms in total. The van der Waals surface area contributed by atoms with Gasteiger partial charge in [-0.05, 0) is 0 Å². The van der Waals surface area contributed by atoms with Crippen LogP contribution in [0.15, 0.2) is 28.6 Å². The lowest BCUT2D eigenvalue weighted by molar-refractivity contribution is 0.0690. The van der Waals surface area contributed by atoms with Crippen LogP contribution < -0.4 is 10.7 Å². The lowest BCUT2D eigenvalue weighted by atomic mass is 10.2. The molecule has 0 aromatic carbocycles. The number of rotatable bonds is 5. The Kier molecular flexibility index (Phi) is 4.26. The van der Waals surface area contributed by atoms with Crippen molar-refractivity contribution in [2.45, 2.75) is 6.42 Å². The number of carbonyl (C=O) groups excluding carboxylic acids is 1. The van der Waals surface area contributed by atoms with Crippen LogP contribution in [-0.4, -0.2) is 33.5 Å². The number of aromatic carboxylic acids is 1. The van der Waals surface area contributed by atoms with E-state index in [0.29, 0.717) is 11.4 Å². The second-order valence-electron chi connectivity index (χ2n) is 3.86. The number of H-pyrrole nitrogens is 1. The number of nitrogens with one attached hydrogen (secondary N) is 2. The minimum Gasteiger partial charge on any atom is -0.476 e. The smallest absolute Gasteiger partial charge is 0.355 e. The van der Waals surface area contributed by atoms with Crippen molar-refractivity contribution in [2.24, 2.45) is 0 Å². The van der Waals surface area contributed by atoms with E-state index in [1.807, 2.05) is 0 Å². The van der Waals surface area contributed by atoms with Crippen molar-refractivity contribution in [3.05, 3.63) is 50.3 Å². The summed E-state index contributed by atoms with van der Waals surface area (Å²) < 4.78 is 0. The first-order valence-corrected chi connectivity index (χ1v) is 6.59. The monoisotopic (exact) mass is 293 g/mol. The molecule has 0 fully saturated rings.